The number of nitrogens with zero attached hydrogens (tertiary/aromatic N) is 1. The molecule has 2 aromatic rings. The fraction of sp³-hybridized carbons (Fsp3) is 0.654. The van der Waals surface area contributed by atoms with Gasteiger partial charge in [0.1, 0.15) is 18.4 Å². The summed E-state index contributed by atoms with van der Waals surface area (Å²) in [6.07, 6.45) is 24.1. The second-order valence-electron chi connectivity index (χ2n) is 8.48. The molecule has 1 aromatic heterocycles. The lowest BCUT2D eigenvalue weighted by molar-refractivity contribution is -0.730. The smallest absolute Gasteiger partial charge is 0.241 e. The fourth-order valence-electron chi connectivity index (χ4n) is 4.45. The van der Waals surface area contributed by atoms with Crippen molar-refractivity contribution in [2.45, 2.75) is 103 Å². The molecule has 0 amide bonds. The molecular weight excluding hydrogens is 340 g/mol. The first-order valence-corrected chi connectivity index (χ1v) is 11.9. The molecule has 2 heteroatoms. The summed E-state index contributed by atoms with van der Waals surface area (Å²) in [6, 6.07) is 11.7. The van der Waals surface area contributed by atoms with Crippen LogP contribution in [0.4, 0.5) is 0 Å². The Kier molecular flexibility index (Phi) is 11.7. The first-order valence-electron chi connectivity index (χ1n) is 11.9. The van der Waals surface area contributed by atoms with E-state index >= 15 is 0 Å². The molecule has 0 saturated heterocycles. The van der Waals surface area contributed by atoms with Gasteiger partial charge in [-0.05, 0) is 31.2 Å². The molecule has 0 aliphatic carbocycles. The van der Waals surface area contributed by atoms with Crippen molar-refractivity contribution in [2.24, 2.45) is 5.92 Å². The van der Waals surface area contributed by atoms with Crippen LogP contribution < -0.4 is 4.57 Å². The Morgan fingerprint density at radius 1 is 0.786 bits per heavy atom. The molecule has 1 heterocycles. The van der Waals surface area contributed by atoms with E-state index in [4.69, 9.17) is 0 Å². The number of rotatable bonds is 16. The van der Waals surface area contributed by atoms with Gasteiger partial charge in [-0.15, -0.1) is 0 Å². The van der Waals surface area contributed by atoms with Crippen LogP contribution in [0.15, 0.2) is 49.1 Å². The van der Waals surface area contributed by atoms with E-state index in [9.17, 15) is 0 Å². The Balaban J connectivity index is 1.97. The van der Waals surface area contributed by atoms with Gasteiger partial charge >= 0.3 is 0 Å². The molecule has 0 bridgehead atoms. The predicted octanol–water partition coefficient (Wildman–Crippen LogP) is 7.42. The van der Waals surface area contributed by atoms with E-state index in [1.165, 1.54) is 89.0 Å². The van der Waals surface area contributed by atoms with Crippen molar-refractivity contribution in [2.75, 3.05) is 0 Å². The third-order valence-corrected chi connectivity index (χ3v) is 6.12. The van der Waals surface area contributed by atoms with Gasteiger partial charge in [0.2, 0.25) is 6.33 Å². The molecule has 0 aliphatic heterocycles. The molecule has 2 rings (SSSR count). The lowest BCUT2D eigenvalue weighted by Gasteiger charge is -2.25. The van der Waals surface area contributed by atoms with Crippen molar-refractivity contribution in [1.82, 2.24) is 4.98 Å². The molecule has 156 valence electrons. The Bertz CT molecular complexity index is 576. The highest BCUT2D eigenvalue weighted by molar-refractivity contribution is 5.15. The summed E-state index contributed by atoms with van der Waals surface area (Å²) in [6.45, 7) is 4.60. The molecule has 1 N–H and O–H groups in total. The van der Waals surface area contributed by atoms with Crippen LogP contribution >= 0.6 is 0 Å². The van der Waals surface area contributed by atoms with E-state index in [1.54, 1.807) is 0 Å². The largest absolute Gasteiger partial charge is 0.250 e. The van der Waals surface area contributed by atoms with E-state index in [1.807, 2.05) is 0 Å². The number of aromatic amines is 1. The molecule has 0 fully saturated rings. The van der Waals surface area contributed by atoms with Gasteiger partial charge in [-0.1, -0.05) is 102 Å². The van der Waals surface area contributed by atoms with Crippen molar-refractivity contribution >= 4 is 0 Å². The SMILES string of the molecule is CCCCCCCCCC(C(CCCCC)Cc1ccccc1)[n+]1cc[nH]c1. The molecular formula is C26H43N2+. The molecule has 2 unspecified atom stereocenters. The minimum absolute atomic E-state index is 0.610. The number of aromatic nitrogens is 2. The zero-order chi connectivity index (χ0) is 19.9. The van der Waals surface area contributed by atoms with E-state index < -0.39 is 0 Å². The highest BCUT2D eigenvalue weighted by Crippen LogP contribution is 2.28. The molecule has 2 nitrogen and oxygen atoms in total. The van der Waals surface area contributed by atoms with Crippen molar-refractivity contribution in [3.05, 3.63) is 54.6 Å². The lowest BCUT2D eigenvalue weighted by Crippen LogP contribution is -2.42. The Hall–Kier alpha value is -1.57. The number of unbranched alkanes of at least 4 members (excludes halogenated alkanes) is 8. The maximum atomic E-state index is 3.28. The van der Waals surface area contributed by atoms with Gasteiger partial charge in [0.25, 0.3) is 0 Å². The number of imidazole rings is 1. The average Bonchev–Trinajstić information content (AvgIpc) is 3.25. The highest BCUT2D eigenvalue weighted by Gasteiger charge is 2.26. The van der Waals surface area contributed by atoms with Crippen LogP contribution in [0.3, 0.4) is 0 Å². The van der Waals surface area contributed by atoms with Crippen LogP contribution in [-0.4, -0.2) is 4.98 Å². The van der Waals surface area contributed by atoms with Gasteiger partial charge in [-0.2, -0.15) is 0 Å². The number of H-pyrrole nitrogens is 1. The molecule has 28 heavy (non-hydrogen) atoms. The van der Waals surface area contributed by atoms with Crippen LogP contribution in [0.2, 0.25) is 0 Å². The lowest BCUT2D eigenvalue weighted by atomic mass is 9.84. The molecule has 0 spiro atoms. The van der Waals surface area contributed by atoms with Crippen molar-refractivity contribution in [1.29, 1.82) is 0 Å². The summed E-state index contributed by atoms with van der Waals surface area (Å²) in [7, 11) is 0. The predicted molar refractivity (Wildman–Crippen MR) is 120 cm³/mol. The monoisotopic (exact) mass is 383 g/mol. The van der Waals surface area contributed by atoms with Crippen molar-refractivity contribution in [3.63, 3.8) is 0 Å². The minimum atomic E-state index is 0.610. The topological polar surface area (TPSA) is 19.7 Å². The minimum Gasteiger partial charge on any atom is -0.250 e. The molecule has 1 aromatic carbocycles. The van der Waals surface area contributed by atoms with Gasteiger partial charge in [0.05, 0.1) is 0 Å². The first kappa shape index (κ1) is 22.7. The third-order valence-electron chi connectivity index (χ3n) is 6.12. The van der Waals surface area contributed by atoms with Gasteiger partial charge in [0.15, 0.2) is 0 Å². The zero-order valence-corrected chi connectivity index (χ0v) is 18.4. The van der Waals surface area contributed by atoms with Crippen LogP contribution in [0.1, 0.15) is 103 Å². The summed E-state index contributed by atoms with van der Waals surface area (Å²) < 4.78 is 2.45. The molecule has 0 saturated carbocycles. The van der Waals surface area contributed by atoms with E-state index in [2.05, 4.69) is 72.5 Å². The van der Waals surface area contributed by atoms with Gasteiger partial charge in [-0.25, -0.2) is 4.57 Å². The summed E-state index contributed by atoms with van der Waals surface area (Å²) in [5, 5.41) is 0. The van der Waals surface area contributed by atoms with Crippen LogP contribution in [0.25, 0.3) is 0 Å². The summed E-state index contributed by atoms with van der Waals surface area (Å²) >= 11 is 0. The van der Waals surface area contributed by atoms with E-state index in [0.717, 1.165) is 5.92 Å². The van der Waals surface area contributed by atoms with Crippen LogP contribution in [-0.2, 0) is 6.42 Å². The number of nitrogens with one attached hydrogen (secondary N) is 1. The standard InChI is InChI=1S/C26H42N2/c1-3-5-7-8-9-10-15-19-26(28-21-20-27-23-28)25(18-12-6-4-2)22-24-16-13-11-14-17-24/h11,13-14,16-17,20-21,23,25-26H,3-10,12,15,18-19,22H2,1-2H3/p+1. The molecule has 0 aliphatic rings. The highest BCUT2D eigenvalue weighted by atomic mass is 15.1. The van der Waals surface area contributed by atoms with E-state index in [-0.39, 0.29) is 0 Å². The Morgan fingerprint density at radius 3 is 2.11 bits per heavy atom. The van der Waals surface area contributed by atoms with Crippen LogP contribution in [0.5, 0.6) is 0 Å². The van der Waals surface area contributed by atoms with Gasteiger partial charge in [0, 0.05) is 5.92 Å². The quantitative estimate of drug-likeness (QED) is 0.230. The summed E-state index contributed by atoms with van der Waals surface area (Å²) in [4.78, 5) is 3.28. The van der Waals surface area contributed by atoms with Gasteiger partial charge < -0.3 is 0 Å². The normalized spacial score (nSPS) is 13.5. The van der Waals surface area contributed by atoms with Gasteiger partial charge in [-0.3, -0.25) is 4.98 Å². The second-order valence-corrected chi connectivity index (χ2v) is 8.48. The molecule has 2 atom stereocenters. The maximum Gasteiger partial charge on any atom is 0.241 e. The number of hydrogen-bond acceptors (Lipinski definition) is 0. The first-order chi connectivity index (χ1) is 13.8. The summed E-state index contributed by atoms with van der Waals surface area (Å²) in [5.41, 5.74) is 1.49. The number of hydrogen-bond donors (Lipinski definition) is 1. The van der Waals surface area contributed by atoms with Crippen molar-refractivity contribution in [3.8, 4) is 0 Å². The Morgan fingerprint density at radius 2 is 1.43 bits per heavy atom. The third kappa shape index (κ3) is 8.63. The molecule has 0 radical (unpaired) electrons. The maximum absolute atomic E-state index is 3.28. The Labute approximate surface area is 173 Å². The summed E-state index contributed by atoms with van der Waals surface area (Å²) in [5.74, 6) is 0.717. The second kappa shape index (κ2) is 14.4. The zero-order valence-electron chi connectivity index (χ0n) is 18.4. The van der Waals surface area contributed by atoms with Crippen molar-refractivity contribution < 1.29 is 4.57 Å². The fourth-order valence-corrected chi connectivity index (χ4v) is 4.45. The van der Waals surface area contributed by atoms with Crippen LogP contribution in [0, 0.1) is 5.92 Å². The number of benzene rings is 1. The van der Waals surface area contributed by atoms with E-state index in [0.29, 0.717) is 6.04 Å². The average molecular weight is 384 g/mol.